The van der Waals surface area contributed by atoms with Gasteiger partial charge in [0.05, 0.1) is 11.0 Å². The molecule has 0 amide bonds. The summed E-state index contributed by atoms with van der Waals surface area (Å²) < 4.78 is 26.4. The third-order valence-corrected chi connectivity index (χ3v) is 4.73. The lowest BCUT2D eigenvalue weighted by molar-refractivity contribution is 0.152. The molecule has 0 aromatic heterocycles. The molecule has 2 N–H and O–H groups in total. The van der Waals surface area contributed by atoms with Crippen molar-refractivity contribution in [2.24, 2.45) is 5.92 Å². The van der Waals surface area contributed by atoms with Crippen LogP contribution in [0.1, 0.15) is 25.8 Å². The number of rotatable bonds is 7. The van der Waals surface area contributed by atoms with Crippen molar-refractivity contribution >= 4 is 26.0 Å². The Labute approximate surface area is 123 Å². The van der Waals surface area contributed by atoms with Crippen molar-refractivity contribution in [2.75, 3.05) is 6.54 Å². The van der Waals surface area contributed by atoms with Crippen molar-refractivity contribution in [3.63, 3.8) is 0 Å². The highest BCUT2D eigenvalue weighted by molar-refractivity contribution is 9.08. The molecule has 0 spiro atoms. The molecule has 1 atom stereocenters. The first kappa shape index (κ1) is 16.6. The minimum Gasteiger partial charge on any atom is -0.392 e. The summed E-state index contributed by atoms with van der Waals surface area (Å²) in [4.78, 5) is 0.217. The van der Waals surface area contributed by atoms with Crippen LogP contribution in [0.3, 0.4) is 0 Å². The lowest BCUT2D eigenvalue weighted by Gasteiger charge is -2.14. The molecule has 6 heteroatoms. The number of nitrogens with one attached hydrogen (secondary N) is 1. The zero-order chi connectivity index (χ0) is 14.5. The van der Waals surface area contributed by atoms with Crippen molar-refractivity contribution in [3.8, 4) is 0 Å². The van der Waals surface area contributed by atoms with Gasteiger partial charge in [0.2, 0.25) is 10.0 Å². The topological polar surface area (TPSA) is 66.4 Å². The quantitative estimate of drug-likeness (QED) is 0.742. The van der Waals surface area contributed by atoms with E-state index >= 15 is 0 Å². The highest BCUT2D eigenvalue weighted by Gasteiger charge is 2.16. The van der Waals surface area contributed by atoms with Gasteiger partial charge in [-0.15, -0.1) is 0 Å². The standard InChI is InChI=1S/C13H20BrNO3S/c1-10(2)7-12(16)9-15-19(17,18)13-5-3-11(8-14)4-6-13/h3-6,10,12,15-16H,7-9H2,1-2H3. The zero-order valence-electron chi connectivity index (χ0n) is 11.1. The third-order valence-electron chi connectivity index (χ3n) is 2.64. The van der Waals surface area contributed by atoms with Gasteiger partial charge in [0, 0.05) is 11.9 Å². The number of aliphatic hydroxyl groups is 1. The molecule has 1 rings (SSSR count). The Morgan fingerprint density at radius 3 is 2.32 bits per heavy atom. The monoisotopic (exact) mass is 349 g/mol. The second-order valence-corrected chi connectivity index (χ2v) is 7.24. The van der Waals surface area contributed by atoms with Gasteiger partial charge in [-0.3, -0.25) is 0 Å². The molecule has 1 aromatic carbocycles. The highest BCUT2D eigenvalue weighted by atomic mass is 79.9. The molecule has 1 aromatic rings. The number of benzene rings is 1. The van der Waals surface area contributed by atoms with Gasteiger partial charge < -0.3 is 5.11 Å². The van der Waals surface area contributed by atoms with Crippen molar-refractivity contribution in [1.29, 1.82) is 0 Å². The van der Waals surface area contributed by atoms with Crippen LogP contribution in [0.2, 0.25) is 0 Å². The highest BCUT2D eigenvalue weighted by Crippen LogP contribution is 2.13. The van der Waals surface area contributed by atoms with Crippen LogP contribution in [0.25, 0.3) is 0 Å². The summed E-state index contributed by atoms with van der Waals surface area (Å²) in [5.74, 6) is 0.331. The Kier molecular flexibility index (Phi) is 6.46. The van der Waals surface area contributed by atoms with Gasteiger partial charge in [-0.25, -0.2) is 13.1 Å². The number of hydrogen-bond donors (Lipinski definition) is 2. The van der Waals surface area contributed by atoms with Crippen LogP contribution in [0.15, 0.2) is 29.2 Å². The molecule has 0 aliphatic rings. The van der Waals surface area contributed by atoms with Crippen molar-refractivity contribution < 1.29 is 13.5 Å². The maximum Gasteiger partial charge on any atom is 0.240 e. The van der Waals surface area contributed by atoms with Crippen molar-refractivity contribution in [3.05, 3.63) is 29.8 Å². The fourth-order valence-corrected chi connectivity index (χ4v) is 3.12. The van der Waals surface area contributed by atoms with Crippen LogP contribution >= 0.6 is 15.9 Å². The molecule has 0 bridgehead atoms. The number of halogens is 1. The van der Waals surface area contributed by atoms with Crippen molar-refractivity contribution in [1.82, 2.24) is 4.72 Å². The molecule has 0 aliphatic heterocycles. The van der Waals surface area contributed by atoms with Crippen LogP contribution in [-0.2, 0) is 15.4 Å². The SMILES string of the molecule is CC(C)CC(O)CNS(=O)(=O)c1ccc(CBr)cc1. The Bertz CT molecular complexity index is 485. The first-order valence-corrected chi connectivity index (χ1v) is 8.78. The summed E-state index contributed by atoms with van der Waals surface area (Å²) in [7, 11) is -3.54. The van der Waals surface area contributed by atoms with E-state index in [9.17, 15) is 13.5 Å². The molecule has 4 nitrogen and oxygen atoms in total. The van der Waals surface area contributed by atoms with Gasteiger partial charge in [0.15, 0.2) is 0 Å². The lowest BCUT2D eigenvalue weighted by Crippen LogP contribution is -2.32. The smallest absolute Gasteiger partial charge is 0.240 e. The Morgan fingerprint density at radius 2 is 1.84 bits per heavy atom. The normalized spacial score (nSPS) is 13.7. The van der Waals surface area contributed by atoms with E-state index < -0.39 is 16.1 Å². The van der Waals surface area contributed by atoms with Gasteiger partial charge in [-0.05, 0) is 30.0 Å². The molecule has 0 fully saturated rings. The minimum atomic E-state index is -3.54. The number of hydrogen-bond acceptors (Lipinski definition) is 3. The third kappa shape index (κ3) is 5.60. The van der Waals surface area contributed by atoms with E-state index in [-0.39, 0.29) is 11.4 Å². The molecule has 0 heterocycles. The number of sulfonamides is 1. The summed E-state index contributed by atoms with van der Waals surface area (Å²) in [6.45, 7) is 4.01. The van der Waals surface area contributed by atoms with Gasteiger partial charge in [-0.1, -0.05) is 41.9 Å². The molecule has 1 unspecified atom stereocenters. The first-order chi connectivity index (χ1) is 8.85. The van der Waals surface area contributed by atoms with E-state index in [1.165, 1.54) is 0 Å². The number of alkyl halides is 1. The number of aliphatic hydroxyl groups excluding tert-OH is 1. The molecule has 0 saturated heterocycles. The van der Waals surface area contributed by atoms with E-state index in [1.807, 2.05) is 13.8 Å². The molecule has 19 heavy (non-hydrogen) atoms. The van der Waals surface area contributed by atoms with Crippen LogP contribution in [0.5, 0.6) is 0 Å². The minimum absolute atomic E-state index is 0.0424. The second-order valence-electron chi connectivity index (χ2n) is 4.91. The fraction of sp³-hybridized carbons (Fsp3) is 0.538. The summed E-state index contributed by atoms with van der Waals surface area (Å²) in [6.07, 6.45) is -0.0815. The largest absolute Gasteiger partial charge is 0.392 e. The molecule has 0 radical (unpaired) electrons. The summed E-state index contributed by atoms with van der Waals surface area (Å²) >= 11 is 3.31. The molecular formula is C13H20BrNO3S. The lowest BCUT2D eigenvalue weighted by atomic mass is 10.1. The predicted molar refractivity (Wildman–Crippen MR) is 79.7 cm³/mol. The van der Waals surface area contributed by atoms with Crippen LogP contribution in [0, 0.1) is 5.92 Å². The Hall–Kier alpha value is -0.430. The zero-order valence-corrected chi connectivity index (χ0v) is 13.5. The summed E-state index contributed by atoms with van der Waals surface area (Å²) in [5.41, 5.74) is 1.01. The fourth-order valence-electron chi connectivity index (χ4n) is 1.67. The molecular weight excluding hydrogens is 330 g/mol. The predicted octanol–water partition coefficient (Wildman–Crippen LogP) is 2.27. The second kappa shape index (κ2) is 7.38. The van der Waals surface area contributed by atoms with Gasteiger partial charge in [0.1, 0.15) is 0 Å². The first-order valence-electron chi connectivity index (χ1n) is 6.17. The van der Waals surface area contributed by atoms with E-state index in [4.69, 9.17) is 0 Å². The van der Waals surface area contributed by atoms with Gasteiger partial charge in [-0.2, -0.15) is 0 Å². The van der Waals surface area contributed by atoms with Crippen LogP contribution < -0.4 is 4.72 Å². The van der Waals surface area contributed by atoms with Crippen molar-refractivity contribution in [2.45, 2.75) is 36.6 Å². The van der Waals surface area contributed by atoms with Gasteiger partial charge in [0.25, 0.3) is 0 Å². The van der Waals surface area contributed by atoms with E-state index in [0.717, 1.165) is 5.56 Å². The summed E-state index contributed by atoms with van der Waals surface area (Å²) in [5, 5.41) is 10.4. The summed E-state index contributed by atoms with van der Waals surface area (Å²) in [6, 6.07) is 6.64. The Morgan fingerprint density at radius 1 is 1.26 bits per heavy atom. The molecule has 108 valence electrons. The molecule has 0 saturated carbocycles. The van der Waals surface area contributed by atoms with Crippen LogP contribution in [-0.4, -0.2) is 26.2 Å². The maximum absolute atomic E-state index is 12.0. The van der Waals surface area contributed by atoms with Crippen LogP contribution in [0.4, 0.5) is 0 Å². The maximum atomic E-state index is 12.0. The van der Waals surface area contributed by atoms with E-state index in [0.29, 0.717) is 17.7 Å². The molecule has 0 aliphatic carbocycles. The van der Waals surface area contributed by atoms with Gasteiger partial charge >= 0.3 is 0 Å². The van der Waals surface area contributed by atoms with E-state index in [1.54, 1.807) is 24.3 Å². The average Bonchev–Trinajstić information content (AvgIpc) is 2.36. The average molecular weight is 350 g/mol. The Balaban J connectivity index is 2.65. The van der Waals surface area contributed by atoms with E-state index in [2.05, 4.69) is 20.7 Å².